The van der Waals surface area contributed by atoms with Gasteiger partial charge in [0.2, 0.25) is 5.78 Å². The number of aromatic nitrogens is 2. The van der Waals surface area contributed by atoms with Crippen LogP contribution in [0.3, 0.4) is 0 Å². The van der Waals surface area contributed by atoms with E-state index in [0.29, 0.717) is 17.7 Å². The van der Waals surface area contributed by atoms with Crippen molar-refractivity contribution < 1.29 is 9.53 Å². The maximum absolute atomic E-state index is 12.5. The van der Waals surface area contributed by atoms with Crippen molar-refractivity contribution in [2.24, 2.45) is 0 Å². The Morgan fingerprint density at radius 1 is 0.958 bits per heavy atom. The average molecular weight is 318 g/mol. The Balaban J connectivity index is 1.73. The highest BCUT2D eigenvalue weighted by Crippen LogP contribution is 2.23. The Kier molecular flexibility index (Phi) is 4.96. The first-order chi connectivity index (χ1) is 11.8. The lowest BCUT2D eigenvalue weighted by Crippen LogP contribution is -2.26. The SMILES string of the molecule is CCC(Oc1ccc(-c2ccccc2)cc1)C(=O)c1cncnc1. The number of ketones is 1. The number of carbonyl (C=O) groups excluding carboxylic acids is 1. The fourth-order valence-corrected chi connectivity index (χ4v) is 2.46. The molecule has 24 heavy (non-hydrogen) atoms. The summed E-state index contributed by atoms with van der Waals surface area (Å²) in [6.07, 6.45) is 4.47. The van der Waals surface area contributed by atoms with Crippen molar-refractivity contribution in [2.75, 3.05) is 0 Å². The summed E-state index contributed by atoms with van der Waals surface area (Å²) in [4.78, 5) is 20.2. The van der Waals surface area contributed by atoms with Gasteiger partial charge >= 0.3 is 0 Å². The first-order valence-corrected chi connectivity index (χ1v) is 7.89. The fraction of sp³-hybridized carbons (Fsp3) is 0.150. The van der Waals surface area contributed by atoms with Gasteiger partial charge in [-0.3, -0.25) is 4.79 Å². The van der Waals surface area contributed by atoms with Crippen LogP contribution in [-0.4, -0.2) is 21.9 Å². The molecule has 0 N–H and O–H groups in total. The van der Waals surface area contributed by atoms with Crippen molar-refractivity contribution in [1.82, 2.24) is 9.97 Å². The minimum atomic E-state index is -0.543. The van der Waals surface area contributed by atoms with Crippen LogP contribution in [0.1, 0.15) is 23.7 Å². The van der Waals surface area contributed by atoms with Gasteiger partial charge in [0.15, 0.2) is 6.10 Å². The van der Waals surface area contributed by atoms with E-state index in [2.05, 4.69) is 22.1 Å². The molecule has 1 atom stereocenters. The minimum absolute atomic E-state index is 0.106. The Bertz CT molecular complexity index is 787. The molecule has 3 rings (SSSR count). The van der Waals surface area contributed by atoms with E-state index < -0.39 is 6.10 Å². The highest BCUT2D eigenvalue weighted by molar-refractivity contribution is 5.99. The van der Waals surface area contributed by atoms with Gasteiger partial charge in [-0.1, -0.05) is 49.4 Å². The smallest absolute Gasteiger partial charge is 0.206 e. The van der Waals surface area contributed by atoms with Crippen LogP contribution in [0.15, 0.2) is 73.3 Å². The van der Waals surface area contributed by atoms with Crippen molar-refractivity contribution in [2.45, 2.75) is 19.4 Å². The molecule has 0 spiro atoms. The van der Waals surface area contributed by atoms with E-state index in [1.54, 1.807) is 0 Å². The Hall–Kier alpha value is -3.01. The molecule has 0 aliphatic heterocycles. The van der Waals surface area contributed by atoms with Gasteiger partial charge in [-0.25, -0.2) is 9.97 Å². The molecule has 1 aromatic heterocycles. The van der Waals surface area contributed by atoms with Crippen LogP contribution < -0.4 is 4.74 Å². The highest BCUT2D eigenvalue weighted by Gasteiger charge is 2.20. The Morgan fingerprint density at radius 2 is 1.58 bits per heavy atom. The van der Waals surface area contributed by atoms with Crippen LogP contribution in [0.25, 0.3) is 11.1 Å². The molecular formula is C20H18N2O2. The third-order valence-corrected chi connectivity index (χ3v) is 3.75. The first-order valence-electron chi connectivity index (χ1n) is 7.89. The summed E-state index contributed by atoms with van der Waals surface area (Å²) in [6.45, 7) is 1.92. The van der Waals surface area contributed by atoms with Gasteiger partial charge in [-0.05, 0) is 29.7 Å². The lowest BCUT2D eigenvalue weighted by Gasteiger charge is -2.16. The number of benzene rings is 2. The number of carbonyl (C=O) groups is 1. The maximum atomic E-state index is 12.5. The van der Waals surface area contributed by atoms with Crippen LogP contribution in [0, 0.1) is 0 Å². The summed E-state index contributed by atoms with van der Waals surface area (Å²) in [5.74, 6) is 0.567. The normalized spacial score (nSPS) is 11.7. The molecule has 0 aliphatic carbocycles. The van der Waals surface area contributed by atoms with Crippen LogP contribution in [-0.2, 0) is 0 Å². The number of hydrogen-bond acceptors (Lipinski definition) is 4. The molecule has 1 unspecified atom stereocenters. The molecule has 1 heterocycles. The van der Waals surface area contributed by atoms with E-state index in [4.69, 9.17) is 4.74 Å². The van der Waals surface area contributed by atoms with Crippen molar-refractivity contribution in [3.05, 3.63) is 78.9 Å². The third-order valence-electron chi connectivity index (χ3n) is 3.75. The van der Waals surface area contributed by atoms with Crippen LogP contribution in [0.4, 0.5) is 0 Å². The summed E-state index contributed by atoms with van der Waals surface area (Å²) < 4.78 is 5.87. The van der Waals surface area contributed by atoms with Crippen LogP contribution in [0.2, 0.25) is 0 Å². The molecule has 0 saturated carbocycles. The van der Waals surface area contributed by atoms with Gasteiger partial charge in [0.1, 0.15) is 12.1 Å². The van der Waals surface area contributed by atoms with E-state index in [1.807, 2.05) is 49.4 Å². The van der Waals surface area contributed by atoms with Crippen molar-refractivity contribution in [3.63, 3.8) is 0 Å². The zero-order chi connectivity index (χ0) is 16.8. The number of rotatable bonds is 6. The molecule has 0 aliphatic rings. The van der Waals surface area contributed by atoms with Gasteiger partial charge < -0.3 is 4.74 Å². The summed E-state index contributed by atoms with van der Waals surface area (Å²) in [5, 5.41) is 0. The summed E-state index contributed by atoms with van der Waals surface area (Å²) in [7, 11) is 0. The number of nitrogens with zero attached hydrogens (tertiary/aromatic N) is 2. The molecule has 0 bridgehead atoms. The highest BCUT2D eigenvalue weighted by atomic mass is 16.5. The molecule has 2 aromatic carbocycles. The van der Waals surface area contributed by atoms with Gasteiger partial charge in [0.05, 0.1) is 5.56 Å². The molecule has 0 fully saturated rings. The van der Waals surface area contributed by atoms with E-state index in [-0.39, 0.29) is 5.78 Å². The zero-order valence-electron chi connectivity index (χ0n) is 13.4. The lowest BCUT2D eigenvalue weighted by molar-refractivity contribution is 0.0786. The lowest BCUT2D eigenvalue weighted by atomic mass is 10.1. The van der Waals surface area contributed by atoms with E-state index in [9.17, 15) is 4.79 Å². The second kappa shape index (κ2) is 7.51. The second-order valence-electron chi connectivity index (χ2n) is 5.40. The minimum Gasteiger partial charge on any atom is -0.482 e. The maximum Gasteiger partial charge on any atom is 0.206 e. The molecule has 0 amide bonds. The molecule has 0 saturated heterocycles. The third kappa shape index (κ3) is 3.66. The second-order valence-corrected chi connectivity index (χ2v) is 5.40. The zero-order valence-corrected chi connectivity index (χ0v) is 13.4. The van der Waals surface area contributed by atoms with Gasteiger partial charge in [-0.2, -0.15) is 0 Å². The van der Waals surface area contributed by atoms with Crippen molar-refractivity contribution >= 4 is 5.78 Å². The predicted octanol–water partition coefficient (Wildman–Crippen LogP) is 4.18. The molecular weight excluding hydrogens is 300 g/mol. The number of hydrogen-bond donors (Lipinski definition) is 0. The Labute approximate surface area is 141 Å². The molecule has 3 aromatic rings. The monoisotopic (exact) mass is 318 g/mol. The molecule has 0 radical (unpaired) electrons. The van der Waals surface area contributed by atoms with Crippen molar-refractivity contribution in [1.29, 1.82) is 0 Å². The van der Waals surface area contributed by atoms with Crippen LogP contribution in [0.5, 0.6) is 5.75 Å². The topological polar surface area (TPSA) is 52.1 Å². The largest absolute Gasteiger partial charge is 0.482 e. The van der Waals surface area contributed by atoms with E-state index in [0.717, 1.165) is 11.1 Å². The standard InChI is InChI=1S/C20H18N2O2/c1-2-19(20(23)17-12-21-14-22-13-17)24-18-10-8-16(9-11-18)15-6-4-3-5-7-15/h3-14,19H,2H2,1H3. The Morgan fingerprint density at radius 3 is 2.21 bits per heavy atom. The van der Waals surface area contributed by atoms with Crippen LogP contribution >= 0.6 is 0 Å². The average Bonchev–Trinajstić information content (AvgIpc) is 2.67. The number of ether oxygens (including phenoxy) is 1. The van der Waals surface area contributed by atoms with Gasteiger partial charge in [-0.15, -0.1) is 0 Å². The van der Waals surface area contributed by atoms with E-state index >= 15 is 0 Å². The van der Waals surface area contributed by atoms with E-state index in [1.165, 1.54) is 18.7 Å². The summed E-state index contributed by atoms with van der Waals surface area (Å²) in [5.41, 5.74) is 2.72. The predicted molar refractivity (Wildman–Crippen MR) is 92.9 cm³/mol. The molecule has 4 nitrogen and oxygen atoms in total. The molecule has 4 heteroatoms. The first kappa shape index (κ1) is 15.9. The summed E-state index contributed by atoms with van der Waals surface area (Å²) >= 11 is 0. The molecule has 120 valence electrons. The number of Topliss-reactive ketones (excluding diaryl/α,β-unsaturated/α-hetero) is 1. The van der Waals surface area contributed by atoms with Gasteiger partial charge in [0.25, 0.3) is 0 Å². The van der Waals surface area contributed by atoms with Crippen molar-refractivity contribution in [3.8, 4) is 16.9 Å². The summed E-state index contributed by atoms with van der Waals surface area (Å²) in [6, 6.07) is 17.9. The quantitative estimate of drug-likeness (QED) is 0.640. The fourth-order valence-electron chi connectivity index (χ4n) is 2.46. The van der Waals surface area contributed by atoms with Gasteiger partial charge in [0, 0.05) is 12.4 Å².